The minimum Gasteiger partial charge on any atom is -0.406 e. The number of rotatable bonds is 4. The van der Waals surface area contributed by atoms with Crippen LogP contribution in [0, 0.1) is 6.92 Å². The van der Waals surface area contributed by atoms with Crippen LogP contribution in [0.5, 0.6) is 5.75 Å². The lowest BCUT2D eigenvalue weighted by atomic mass is 10.2. The molecule has 8 heteroatoms. The summed E-state index contributed by atoms with van der Waals surface area (Å²) in [6.45, 7) is 2.26. The van der Waals surface area contributed by atoms with Crippen molar-refractivity contribution in [1.29, 1.82) is 0 Å². The summed E-state index contributed by atoms with van der Waals surface area (Å²) in [5.74, 6) is -0.225. The number of nitrogens with zero attached hydrogens (tertiary/aromatic N) is 3. The van der Waals surface area contributed by atoms with Gasteiger partial charge < -0.3 is 9.64 Å². The summed E-state index contributed by atoms with van der Waals surface area (Å²) in [5.41, 5.74) is 0.696. The van der Waals surface area contributed by atoms with Gasteiger partial charge in [-0.05, 0) is 24.6 Å². The molecule has 0 spiro atoms. The number of ether oxygens (including phenoxy) is 1. The lowest BCUT2D eigenvalue weighted by Gasteiger charge is -2.16. The fraction of sp³-hybridized carbons (Fsp3) is 0.333. The SMILES string of the molecule is Cc1nnc(N(C)Cc2cccc(OC(F)(F)F)c2)s1. The maximum absolute atomic E-state index is 12.2. The predicted octanol–water partition coefficient (Wildman–Crippen LogP) is 3.38. The highest BCUT2D eigenvalue weighted by atomic mass is 32.1. The second kappa shape index (κ2) is 5.66. The third-order valence-electron chi connectivity index (χ3n) is 2.39. The first-order valence-electron chi connectivity index (χ1n) is 5.69. The molecule has 4 nitrogen and oxygen atoms in total. The molecule has 1 aromatic heterocycles. The van der Waals surface area contributed by atoms with Crippen molar-refractivity contribution in [3.05, 3.63) is 34.8 Å². The molecule has 1 aromatic carbocycles. The molecule has 0 atom stereocenters. The number of benzene rings is 1. The van der Waals surface area contributed by atoms with Crippen LogP contribution in [0.25, 0.3) is 0 Å². The van der Waals surface area contributed by atoms with Crippen molar-refractivity contribution in [1.82, 2.24) is 10.2 Å². The smallest absolute Gasteiger partial charge is 0.406 e. The molecule has 0 aliphatic carbocycles. The van der Waals surface area contributed by atoms with Crippen LogP contribution in [0.2, 0.25) is 0 Å². The van der Waals surface area contributed by atoms with Crippen molar-refractivity contribution >= 4 is 16.5 Å². The summed E-state index contributed by atoms with van der Waals surface area (Å²) < 4.78 is 40.4. The zero-order chi connectivity index (χ0) is 14.8. The molecule has 0 aliphatic heterocycles. The van der Waals surface area contributed by atoms with Crippen LogP contribution >= 0.6 is 11.3 Å². The third-order valence-corrected chi connectivity index (χ3v) is 3.35. The second-order valence-electron chi connectivity index (χ2n) is 4.15. The topological polar surface area (TPSA) is 38.2 Å². The first-order chi connectivity index (χ1) is 9.33. The van der Waals surface area contributed by atoms with Crippen molar-refractivity contribution in [2.75, 3.05) is 11.9 Å². The van der Waals surface area contributed by atoms with Crippen LogP contribution in [0.15, 0.2) is 24.3 Å². The lowest BCUT2D eigenvalue weighted by molar-refractivity contribution is -0.274. The van der Waals surface area contributed by atoms with E-state index in [1.54, 1.807) is 13.1 Å². The van der Waals surface area contributed by atoms with Gasteiger partial charge in [0, 0.05) is 13.6 Å². The van der Waals surface area contributed by atoms with Crippen molar-refractivity contribution in [2.45, 2.75) is 19.8 Å². The fourth-order valence-electron chi connectivity index (χ4n) is 1.62. The Morgan fingerprint density at radius 1 is 1.30 bits per heavy atom. The Balaban J connectivity index is 2.08. The molecule has 1 heterocycles. The molecule has 2 rings (SSSR count). The largest absolute Gasteiger partial charge is 0.573 e. The molecule has 0 N–H and O–H groups in total. The van der Waals surface area contributed by atoms with E-state index in [0.717, 1.165) is 5.01 Å². The monoisotopic (exact) mass is 303 g/mol. The fourth-order valence-corrected chi connectivity index (χ4v) is 2.27. The molecule has 0 unspecified atom stereocenters. The van der Waals surface area contributed by atoms with Crippen molar-refractivity contribution < 1.29 is 17.9 Å². The van der Waals surface area contributed by atoms with Gasteiger partial charge in [-0.1, -0.05) is 23.5 Å². The van der Waals surface area contributed by atoms with Crippen LogP contribution < -0.4 is 9.64 Å². The molecule has 0 saturated carbocycles. The minimum absolute atomic E-state index is 0.225. The normalized spacial score (nSPS) is 11.4. The van der Waals surface area contributed by atoms with Gasteiger partial charge in [0.1, 0.15) is 10.8 Å². The highest BCUT2D eigenvalue weighted by Gasteiger charge is 2.31. The number of aryl methyl sites for hydroxylation is 1. The Morgan fingerprint density at radius 3 is 2.65 bits per heavy atom. The van der Waals surface area contributed by atoms with Gasteiger partial charge in [0.15, 0.2) is 0 Å². The van der Waals surface area contributed by atoms with Gasteiger partial charge in [0.05, 0.1) is 0 Å². The van der Waals surface area contributed by atoms with E-state index in [0.29, 0.717) is 17.2 Å². The number of hydrogen-bond acceptors (Lipinski definition) is 5. The van der Waals surface area contributed by atoms with Gasteiger partial charge in [-0.3, -0.25) is 0 Å². The number of halogens is 3. The first kappa shape index (κ1) is 14.6. The van der Waals surface area contributed by atoms with E-state index in [4.69, 9.17) is 0 Å². The summed E-state index contributed by atoms with van der Waals surface area (Å²) in [7, 11) is 1.80. The van der Waals surface area contributed by atoms with E-state index in [1.807, 2.05) is 11.8 Å². The molecule has 0 bridgehead atoms. The molecule has 0 amide bonds. The molecule has 20 heavy (non-hydrogen) atoms. The van der Waals surface area contributed by atoms with Crippen LogP contribution in [-0.4, -0.2) is 23.6 Å². The van der Waals surface area contributed by atoms with Crippen LogP contribution in [0.1, 0.15) is 10.6 Å². The van der Waals surface area contributed by atoms with Gasteiger partial charge in [-0.25, -0.2) is 0 Å². The Labute approximate surface area is 117 Å². The van der Waals surface area contributed by atoms with Crippen molar-refractivity contribution in [2.24, 2.45) is 0 Å². The Bertz CT molecular complexity index is 585. The van der Waals surface area contributed by atoms with Crippen LogP contribution in [-0.2, 0) is 6.54 Å². The Morgan fingerprint density at radius 2 is 2.05 bits per heavy atom. The van der Waals surface area contributed by atoms with Gasteiger partial charge in [0.2, 0.25) is 5.13 Å². The van der Waals surface area contributed by atoms with E-state index >= 15 is 0 Å². The highest BCUT2D eigenvalue weighted by Crippen LogP contribution is 2.25. The average molecular weight is 303 g/mol. The number of aromatic nitrogens is 2. The zero-order valence-corrected chi connectivity index (χ0v) is 11.6. The maximum atomic E-state index is 12.2. The van der Waals surface area contributed by atoms with Gasteiger partial charge in [-0.15, -0.1) is 23.4 Å². The maximum Gasteiger partial charge on any atom is 0.573 e. The molecule has 0 saturated heterocycles. The standard InChI is InChI=1S/C12H12F3N3OS/c1-8-16-17-11(20-8)18(2)7-9-4-3-5-10(6-9)19-12(13,14)15/h3-6H,7H2,1-2H3. The van der Waals surface area contributed by atoms with E-state index < -0.39 is 6.36 Å². The Hall–Kier alpha value is -1.83. The molecule has 0 aliphatic rings. The summed E-state index contributed by atoms with van der Waals surface area (Å²) in [4.78, 5) is 1.82. The second-order valence-corrected chi connectivity index (χ2v) is 5.32. The molecule has 0 fully saturated rings. The van der Waals surface area contributed by atoms with E-state index in [1.165, 1.54) is 29.5 Å². The minimum atomic E-state index is -4.68. The average Bonchev–Trinajstić information content (AvgIpc) is 2.74. The van der Waals surface area contributed by atoms with Gasteiger partial charge in [-0.2, -0.15) is 0 Å². The van der Waals surface area contributed by atoms with Crippen LogP contribution in [0.3, 0.4) is 0 Å². The highest BCUT2D eigenvalue weighted by molar-refractivity contribution is 7.15. The summed E-state index contributed by atoms with van der Waals surface area (Å²) in [6.07, 6.45) is -4.68. The van der Waals surface area contributed by atoms with E-state index in [9.17, 15) is 13.2 Å². The van der Waals surface area contributed by atoms with Crippen molar-refractivity contribution in [3.63, 3.8) is 0 Å². The number of anilines is 1. The number of alkyl halides is 3. The molecule has 2 aromatic rings. The van der Waals surface area contributed by atoms with Gasteiger partial charge in [0.25, 0.3) is 0 Å². The van der Waals surface area contributed by atoms with Gasteiger partial charge >= 0.3 is 6.36 Å². The van der Waals surface area contributed by atoms with Crippen LogP contribution in [0.4, 0.5) is 18.3 Å². The summed E-state index contributed by atoms with van der Waals surface area (Å²) in [6, 6.07) is 5.88. The van der Waals surface area contributed by atoms with Crippen molar-refractivity contribution in [3.8, 4) is 5.75 Å². The summed E-state index contributed by atoms with van der Waals surface area (Å²) in [5, 5.41) is 9.42. The first-order valence-corrected chi connectivity index (χ1v) is 6.51. The third kappa shape index (κ3) is 4.09. The molecule has 108 valence electrons. The zero-order valence-electron chi connectivity index (χ0n) is 10.8. The Kier molecular flexibility index (Phi) is 4.12. The quantitative estimate of drug-likeness (QED) is 0.868. The summed E-state index contributed by atoms with van der Waals surface area (Å²) >= 11 is 1.42. The van der Waals surface area contributed by atoms with E-state index in [-0.39, 0.29) is 5.75 Å². The van der Waals surface area contributed by atoms with E-state index in [2.05, 4.69) is 14.9 Å². The lowest BCUT2D eigenvalue weighted by Crippen LogP contribution is -2.18. The molecular weight excluding hydrogens is 291 g/mol. The predicted molar refractivity (Wildman–Crippen MR) is 69.9 cm³/mol. The number of hydrogen-bond donors (Lipinski definition) is 0. The molecule has 0 radical (unpaired) electrons. The molecular formula is C12H12F3N3OS.